The summed E-state index contributed by atoms with van der Waals surface area (Å²) in [4.78, 5) is 4.35. The minimum absolute atomic E-state index is 0.196. The van der Waals surface area contributed by atoms with E-state index in [1.165, 1.54) is 44.9 Å². The lowest BCUT2D eigenvalue weighted by Gasteiger charge is -2.13. The van der Waals surface area contributed by atoms with Crippen LogP contribution in [-0.4, -0.2) is 9.55 Å². The fraction of sp³-hybridized carbons (Fsp3) is 0.786. The minimum atomic E-state index is 0.196. The van der Waals surface area contributed by atoms with Gasteiger partial charge in [0.2, 0.25) is 0 Å². The lowest BCUT2D eigenvalue weighted by molar-refractivity contribution is 0.468. The summed E-state index contributed by atoms with van der Waals surface area (Å²) in [7, 11) is 1.98. The van der Waals surface area contributed by atoms with Crippen molar-refractivity contribution in [3.63, 3.8) is 0 Å². The van der Waals surface area contributed by atoms with Crippen molar-refractivity contribution in [1.82, 2.24) is 15.0 Å². The second-order valence-electron chi connectivity index (χ2n) is 5.09. The van der Waals surface area contributed by atoms with Gasteiger partial charge in [-0.15, -0.1) is 0 Å². The number of hydrogen-bond acceptors (Lipinski definition) is 3. The SMILES string of the molecule is CCCCCCCCCC(NN)c1cn(C)cn1. The molecule has 0 amide bonds. The molecule has 0 saturated heterocycles. The average molecular weight is 252 g/mol. The first-order valence-electron chi connectivity index (χ1n) is 7.22. The van der Waals surface area contributed by atoms with Crippen LogP contribution in [-0.2, 0) is 7.05 Å². The highest BCUT2D eigenvalue weighted by atomic mass is 15.2. The fourth-order valence-electron chi connectivity index (χ4n) is 2.24. The molecular formula is C14H28N4. The molecular weight excluding hydrogens is 224 g/mol. The van der Waals surface area contributed by atoms with Gasteiger partial charge in [-0.2, -0.15) is 0 Å². The maximum absolute atomic E-state index is 5.60. The maximum atomic E-state index is 5.60. The molecule has 0 aliphatic heterocycles. The van der Waals surface area contributed by atoms with E-state index in [1.807, 2.05) is 24.1 Å². The number of imidazole rings is 1. The van der Waals surface area contributed by atoms with Gasteiger partial charge in [0.1, 0.15) is 0 Å². The molecule has 4 heteroatoms. The van der Waals surface area contributed by atoms with Gasteiger partial charge in [0.25, 0.3) is 0 Å². The molecule has 4 nitrogen and oxygen atoms in total. The smallest absolute Gasteiger partial charge is 0.0947 e. The highest BCUT2D eigenvalue weighted by Crippen LogP contribution is 2.18. The maximum Gasteiger partial charge on any atom is 0.0947 e. The summed E-state index contributed by atoms with van der Waals surface area (Å²) in [5, 5.41) is 0. The molecule has 0 aliphatic rings. The van der Waals surface area contributed by atoms with Crippen molar-refractivity contribution in [2.45, 2.75) is 64.3 Å². The molecule has 1 aromatic heterocycles. The van der Waals surface area contributed by atoms with Gasteiger partial charge in [0.15, 0.2) is 0 Å². The van der Waals surface area contributed by atoms with E-state index in [0.29, 0.717) is 0 Å². The number of aryl methyl sites for hydroxylation is 1. The summed E-state index contributed by atoms with van der Waals surface area (Å²) in [6, 6.07) is 0.196. The Bertz CT molecular complexity index is 308. The van der Waals surface area contributed by atoms with E-state index in [9.17, 15) is 0 Å². The van der Waals surface area contributed by atoms with Crippen LogP contribution in [0.2, 0.25) is 0 Å². The van der Waals surface area contributed by atoms with E-state index in [0.717, 1.165) is 12.1 Å². The highest BCUT2D eigenvalue weighted by Gasteiger charge is 2.11. The van der Waals surface area contributed by atoms with E-state index in [-0.39, 0.29) is 6.04 Å². The summed E-state index contributed by atoms with van der Waals surface area (Å²) in [6.45, 7) is 2.25. The Hall–Kier alpha value is -0.870. The number of nitrogens with zero attached hydrogens (tertiary/aromatic N) is 2. The molecule has 0 spiro atoms. The Labute approximate surface area is 111 Å². The first-order valence-corrected chi connectivity index (χ1v) is 7.22. The molecule has 1 aromatic rings. The molecule has 3 N–H and O–H groups in total. The standard InChI is InChI=1S/C14H28N4/c1-3-4-5-6-7-8-9-10-13(17-15)14-11-18(2)12-16-14/h11-13,17H,3-10,15H2,1-2H3. The molecule has 0 radical (unpaired) electrons. The second kappa shape index (κ2) is 9.11. The van der Waals surface area contributed by atoms with Crippen LogP contribution in [0.5, 0.6) is 0 Å². The zero-order valence-corrected chi connectivity index (χ0v) is 11.9. The van der Waals surface area contributed by atoms with E-state index in [1.54, 1.807) is 0 Å². The Balaban J connectivity index is 2.13. The van der Waals surface area contributed by atoms with Crippen LogP contribution in [0.15, 0.2) is 12.5 Å². The lowest BCUT2D eigenvalue weighted by Crippen LogP contribution is -2.28. The third kappa shape index (κ3) is 5.65. The van der Waals surface area contributed by atoms with Crippen molar-refractivity contribution < 1.29 is 0 Å². The molecule has 0 fully saturated rings. The van der Waals surface area contributed by atoms with Crippen molar-refractivity contribution in [1.29, 1.82) is 0 Å². The van der Waals surface area contributed by atoms with E-state index >= 15 is 0 Å². The van der Waals surface area contributed by atoms with Crippen LogP contribution in [0.25, 0.3) is 0 Å². The normalized spacial score (nSPS) is 12.8. The number of nitrogens with one attached hydrogen (secondary N) is 1. The topological polar surface area (TPSA) is 55.9 Å². The van der Waals surface area contributed by atoms with Gasteiger partial charge >= 0.3 is 0 Å². The van der Waals surface area contributed by atoms with Crippen LogP contribution in [0, 0.1) is 0 Å². The van der Waals surface area contributed by atoms with Crippen molar-refractivity contribution in [3.8, 4) is 0 Å². The van der Waals surface area contributed by atoms with Crippen molar-refractivity contribution in [3.05, 3.63) is 18.2 Å². The highest BCUT2D eigenvalue weighted by molar-refractivity contribution is 5.02. The third-order valence-corrected chi connectivity index (χ3v) is 3.38. The van der Waals surface area contributed by atoms with Crippen LogP contribution >= 0.6 is 0 Å². The van der Waals surface area contributed by atoms with Crippen molar-refractivity contribution in [2.24, 2.45) is 12.9 Å². The predicted octanol–water partition coefficient (Wildman–Crippen LogP) is 3.07. The van der Waals surface area contributed by atoms with Gasteiger partial charge in [-0.05, 0) is 6.42 Å². The fourth-order valence-corrected chi connectivity index (χ4v) is 2.24. The predicted molar refractivity (Wildman–Crippen MR) is 75.9 cm³/mol. The number of unbranched alkanes of at least 4 members (excludes halogenated alkanes) is 6. The Morgan fingerprint density at radius 1 is 1.22 bits per heavy atom. The summed E-state index contributed by atoms with van der Waals surface area (Å²) in [6.07, 6.45) is 14.2. The second-order valence-corrected chi connectivity index (χ2v) is 5.09. The molecule has 104 valence electrons. The average Bonchev–Trinajstić information content (AvgIpc) is 2.79. The quantitative estimate of drug-likeness (QED) is 0.382. The van der Waals surface area contributed by atoms with Gasteiger partial charge in [0.05, 0.1) is 18.1 Å². The van der Waals surface area contributed by atoms with E-state index in [2.05, 4.69) is 17.3 Å². The van der Waals surface area contributed by atoms with Gasteiger partial charge in [-0.3, -0.25) is 11.3 Å². The Kier molecular flexibility index (Phi) is 7.69. The molecule has 1 heterocycles. The zero-order chi connectivity index (χ0) is 13.2. The van der Waals surface area contributed by atoms with Gasteiger partial charge in [0, 0.05) is 13.2 Å². The van der Waals surface area contributed by atoms with Gasteiger partial charge < -0.3 is 4.57 Å². The Morgan fingerprint density at radius 3 is 2.44 bits per heavy atom. The monoisotopic (exact) mass is 252 g/mol. The third-order valence-electron chi connectivity index (χ3n) is 3.38. The molecule has 0 saturated carbocycles. The summed E-state index contributed by atoms with van der Waals surface area (Å²) in [5.74, 6) is 5.60. The minimum Gasteiger partial charge on any atom is -0.340 e. The first kappa shape index (κ1) is 15.2. The summed E-state index contributed by atoms with van der Waals surface area (Å²) < 4.78 is 1.96. The van der Waals surface area contributed by atoms with Crippen molar-refractivity contribution >= 4 is 0 Å². The number of hydrazine groups is 1. The van der Waals surface area contributed by atoms with Gasteiger partial charge in [-0.25, -0.2) is 4.98 Å². The van der Waals surface area contributed by atoms with Gasteiger partial charge in [-0.1, -0.05) is 51.9 Å². The summed E-state index contributed by atoms with van der Waals surface area (Å²) >= 11 is 0. The first-order chi connectivity index (χ1) is 8.77. The molecule has 0 bridgehead atoms. The summed E-state index contributed by atoms with van der Waals surface area (Å²) in [5.41, 5.74) is 3.91. The van der Waals surface area contributed by atoms with Crippen LogP contribution in [0.1, 0.15) is 70.0 Å². The Morgan fingerprint density at radius 2 is 1.89 bits per heavy atom. The molecule has 1 unspecified atom stereocenters. The molecule has 0 aromatic carbocycles. The molecule has 0 aliphatic carbocycles. The lowest BCUT2D eigenvalue weighted by atomic mass is 10.0. The number of rotatable bonds is 10. The van der Waals surface area contributed by atoms with Crippen LogP contribution in [0.3, 0.4) is 0 Å². The van der Waals surface area contributed by atoms with Crippen LogP contribution < -0.4 is 11.3 Å². The van der Waals surface area contributed by atoms with E-state index in [4.69, 9.17) is 5.84 Å². The van der Waals surface area contributed by atoms with Crippen molar-refractivity contribution in [2.75, 3.05) is 0 Å². The largest absolute Gasteiger partial charge is 0.340 e. The number of hydrogen-bond donors (Lipinski definition) is 2. The molecule has 1 rings (SSSR count). The number of aromatic nitrogens is 2. The number of nitrogens with two attached hydrogens (primary N) is 1. The van der Waals surface area contributed by atoms with E-state index < -0.39 is 0 Å². The molecule has 18 heavy (non-hydrogen) atoms. The van der Waals surface area contributed by atoms with Crippen LogP contribution in [0.4, 0.5) is 0 Å². The zero-order valence-electron chi connectivity index (χ0n) is 11.9. The molecule has 1 atom stereocenters.